The molecule has 0 spiro atoms. The highest BCUT2D eigenvalue weighted by atomic mass is 79.9. The molecular weight excluding hydrogens is 292 g/mol. The lowest BCUT2D eigenvalue weighted by atomic mass is 9.84. The standard InChI is InChI=1S/C9H7BrF4N2/c10-4-7(13)5(11)3(6(12)8(4)14)9(15)1-16-2-9/h16H,1-2,15H2. The topological polar surface area (TPSA) is 38.0 Å². The Balaban J connectivity index is 2.70. The van der Waals surface area contributed by atoms with Crippen molar-refractivity contribution in [3.63, 3.8) is 0 Å². The molecule has 1 aliphatic heterocycles. The molecule has 1 heterocycles. The third kappa shape index (κ3) is 1.46. The molecule has 16 heavy (non-hydrogen) atoms. The van der Waals surface area contributed by atoms with E-state index in [1.807, 2.05) is 0 Å². The predicted molar refractivity (Wildman–Crippen MR) is 52.7 cm³/mol. The van der Waals surface area contributed by atoms with Crippen molar-refractivity contribution in [2.24, 2.45) is 5.73 Å². The van der Waals surface area contributed by atoms with E-state index in [0.717, 1.165) is 0 Å². The van der Waals surface area contributed by atoms with Crippen LogP contribution in [-0.2, 0) is 5.54 Å². The predicted octanol–water partition coefficient (Wildman–Crippen LogP) is 1.76. The fraction of sp³-hybridized carbons (Fsp3) is 0.333. The lowest BCUT2D eigenvalue weighted by Crippen LogP contribution is -2.63. The molecule has 0 aromatic heterocycles. The highest BCUT2D eigenvalue weighted by molar-refractivity contribution is 9.10. The largest absolute Gasteiger partial charge is 0.319 e. The number of halogens is 5. The minimum Gasteiger partial charge on any atom is -0.319 e. The van der Waals surface area contributed by atoms with Crippen molar-refractivity contribution in [1.82, 2.24) is 5.32 Å². The van der Waals surface area contributed by atoms with Crippen LogP contribution in [-0.4, -0.2) is 13.1 Å². The Morgan fingerprint density at radius 2 is 1.44 bits per heavy atom. The summed E-state index contributed by atoms with van der Waals surface area (Å²) >= 11 is 2.44. The van der Waals surface area contributed by atoms with Crippen LogP contribution in [0.3, 0.4) is 0 Å². The Labute approximate surface area is 96.9 Å². The van der Waals surface area contributed by atoms with E-state index in [4.69, 9.17) is 5.73 Å². The van der Waals surface area contributed by atoms with E-state index in [1.54, 1.807) is 0 Å². The van der Waals surface area contributed by atoms with Gasteiger partial charge in [0.05, 0.1) is 15.6 Å². The molecule has 1 aromatic rings. The summed E-state index contributed by atoms with van der Waals surface area (Å²) in [5, 5.41) is 2.69. The lowest BCUT2D eigenvalue weighted by Gasteiger charge is -2.39. The van der Waals surface area contributed by atoms with Crippen LogP contribution in [0.25, 0.3) is 0 Å². The van der Waals surface area contributed by atoms with Gasteiger partial charge in [-0.1, -0.05) is 0 Å². The van der Waals surface area contributed by atoms with E-state index in [0.29, 0.717) is 0 Å². The first-order valence-corrected chi connectivity index (χ1v) is 5.19. The molecule has 88 valence electrons. The van der Waals surface area contributed by atoms with E-state index in [1.165, 1.54) is 0 Å². The molecule has 1 aromatic carbocycles. The van der Waals surface area contributed by atoms with Crippen molar-refractivity contribution in [2.45, 2.75) is 5.54 Å². The number of benzene rings is 1. The second-order valence-corrected chi connectivity index (χ2v) is 4.50. The summed E-state index contributed by atoms with van der Waals surface area (Å²) in [6, 6.07) is 0. The molecule has 1 aliphatic rings. The second-order valence-electron chi connectivity index (χ2n) is 3.70. The van der Waals surface area contributed by atoms with Crippen LogP contribution < -0.4 is 11.1 Å². The fourth-order valence-electron chi connectivity index (χ4n) is 1.61. The molecule has 2 rings (SSSR count). The van der Waals surface area contributed by atoms with Gasteiger partial charge in [-0.25, -0.2) is 17.6 Å². The Hall–Kier alpha value is -0.660. The summed E-state index contributed by atoms with van der Waals surface area (Å²) in [5.41, 5.74) is 3.48. The van der Waals surface area contributed by atoms with Gasteiger partial charge in [-0.05, 0) is 15.9 Å². The normalized spacial score (nSPS) is 18.4. The molecule has 2 nitrogen and oxygen atoms in total. The van der Waals surface area contributed by atoms with Crippen molar-refractivity contribution in [3.8, 4) is 0 Å². The molecule has 1 fully saturated rings. The molecule has 3 N–H and O–H groups in total. The Bertz CT molecular complexity index is 430. The van der Waals surface area contributed by atoms with Gasteiger partial charge in [-0.3, -0.25) is 0 Å². The van der Waals surface area contributed by atoms with Gasteiger partial charge in [-0.15, -0.1) is 0 Å². The quantitative estimate of drug-likeness (QED) is 0.471. The van der Waals surface area contributed by atoms with Gasteiger partial charge < -0.3 is 11.1 Å². The molecular formula is C9H7BrF4N2. The van der Waals surface area contributed by atoms with E-state index in [-0.39, 0.29) is 13.1 Å². The molecule has 7 heteroatoms. The number of rotatable bonds is 1. The summed E-state index contributed by atoms with van der Waals surface area (Å²) in [4.78, 5) is 0. The van der Waals surface area contributed by atoms with Crippen molar-refractivity contribution < 1.29 is 17.6 Å². The highest BCUT2D eigenvalue weighted by Crippen LogP contribution is 2.34. The second kappa shape index (κ2) is 3.68. The Kier molecular flexibility index (Phi) is 2.72. The van der Waals surface area contributed by atoms with E-state index < -0.39 is 38.8 Å². The summed E-state index contributed by atoms with van der Waals surface area (Å²) < 4.78 is 52.6. The third-order valence-electron chi connectivity index (χ3n) is 2.59. The maximum atomic E-state index is 13.5. The van der Waals surface area contributed by atoms with Crippen LogP contribution in [0.4, 0.5) is 17.6 Å². The summed E-state index contributed by atoms with van der Waals surface area (Å²) in [7, 11) is 0. The monoisotopic (exact) mass is 298 g/mol. The van der Waals surface area contributed by atoms with Gasteiger partial charge in [0, 0.05) is 13.1 Å². The van der Waals surface area contributed by atoms with E-state index in [2.05, 4.69) is 21.2 Å². The molecule has 0 atom stereocenters. The maximum absolute atomic E-state index is 13.5. The van der Waals surface area contributed by atoms with E-state index in [9.17, 15) is 17.6 Å². The van der Waals surface area contributed by atoms with Crippen molar-refractivity contribution in [1.29, 1.82) is 0 Å². The number of nitrogens with two attached hydrogens (primary N) is 1. The Morgan fingerprint density at radius 1 is 1.00 bits per heavy atom. The van der Waals surface area contributed by atoms with Gasteiger partial charge in [0.15, 0.2) is 23.3 Å². The average molecular weight is 299 g/mol. The van der Waals surface area contributed by atoms with Crippen molar-refractivity contribution >= 4 is 15.9 Å². The van der Waals surface area contributed by atoms with Gasteiger partial charge >= 0.3 is 0 Å². The van der Waals surface area contributed by atoms with Gasteiger partial charge in [0.2, 0.25) is 0 Å². The lowest BCUT2D eigenvalue weighted by molar-refractivity contribution is 0.258. The van der Waals surface area contributed by atoms with Crippen LogP contribution in [0.15, 0.2) is 4.47 Å². The van der Waals surface area contributed by atoms with E-state index >= 15 is 0 Å². The average Bonchev–Trinajstić information content (AvgIpc) is 2.21. The van der Waals surface area contributed by atoms with Gasteiger partial charge in [-0.2, -0.15) is 0 Å². The van der Waals surface area contributed by atoms with Crippen LogP contribution in [0.2, 0.25) is 0 Å². The molecule has 1 saturated heterocycles. The highest BCUT2D eigenvalue weighted by Gasteiger charge is 2.42. The first-order chi connectivity index (χ1) is 7.38. The minimum absolute atomic E-state index is 0.0708. The van der Waals surface area contributed by atoms with Crippen molar-refractivity contribution in [2.75, 3.05) is 13.1 Å². The molecule has 0 amide bonds. The summed E-state index contributed by atoms with van der Waals surface area (Å²) in [5.74, 6) is -5.83. The first kappa shape index (κ1) is 11.8. The zero-order valence-corrected chi connectivity index (χ0v) is 9.47. The van der Waals surface area contributed by atoms with Crippen LogP contribution in [0, 0.1) is 23.3 Å². The maximum Gasteiger partial charge on any atom is 0.176 e. The van der Waals surface area contributed by atoms with Crippen LogP contribution in [0.5, 0.6) is 0 Å². The molecule has 0 aliphatic carbocycles. The number of nitrogens with one attached hydrogen (secondary N) is 1. The fourth-order valence-corrected chi connectivity index (χ4v) is 1.96. The summed E-state index contributed by atoms with van der Waals surface area (Å²) in [6.45, 7) is 0.142. The zero-order valence-electron chi connectivity index (χ0n) is 7.88. The van der Waals surface area contributed by atoms with Crippen molar-refractivity contribution in [3.05, 3.63) is 33.3 Å². The zero-order chi connectivity index (χ0) is 12.1. The first-order valence-electron chi connectivity index (χ1n) is 4.40. The SMILES string of the molecule is NC1(c2c(F)c(F)c(Br)c(F)c2F)CNC1. The van der Waals surface area contributed by atoms with Gasteiger partial charge in [0.25, 0.3) is 0 Å². The number of hydrogen-bond acceptors (Lipinski definition) is 2. The molecule has 0 radical (unpaired) electrons. The third-order valence-corrected chi connectivity index (χ3v) is 3.28. The molecule has 0 unspecified atom stereocenters. The summed E-state index contributed by atoms with van der Waals surface area (Å²) in [6.07, 6.45) is 0. The van der Waals surface area contributed by atoms with Gasteiger partial charge in [0.1, 0.15) is 0 Å². The van der Waals surface area contributed by atoms with Crippen LogP contribution >= 0.6 is 15.9 Å². The smallest absolute Gasteiger partial charge is 0.176 e. The Morgan fingerprint density at radius 3 is 1.75 bits per heavy atom. The molecule has 0 saturated carbocycles. The number of hydrogen-bond donors (Lipinski definition) is 2. The minimum atomic E-state index is -1.47. The van der Waals surface area contributed by atoms with Crippen LogP contribution in [0.1, 0.15) is 5.56 Å². The molecule has 0 bridgehead atoms.